The number of rotatable bonds is 2. The van der Waals surface area contributed by atoms with E-state index in [0.29, 0.717) is 12.3 Å². The summed E-state index contributed by atoms with van der Waals surface area (Å²) in [6, 6.07) is 8.78. The minimum Gasteiger partial charge on any atom is -0.497 e. The van der Waals surface area contributed by atoms with Crippen LogP contribution in [-0.2, 0) is 0 Å². The van der Waals surface area contributed by atoms with Gasteiger partial charge in [-0.05, 0) is 30.7 Å². The van der Waals surface area contributed by atoms with E-state index < -0.39 is 0 Å². The summed E-state index contributed by atoms with van der Waals surface area (Å²) >= 11 is 0. The lowest BCUT2D eigenvalue weighted by molar-refractivity contribution is 0.166. The van der Waals surface area contributed by atoms with Crippen LogP contribution in [0.4, 0.5) is 0 Å². The molecule has 0 spiro atoms. The number of hydrogen-bond acceptors (Lipinski definition) is 4. The summed E-state index contributed by atoms with van der Waals surface area (Å²) in [5.41, 5.74) is 1.34. The Morgan fingerprint density at radius 1 is 1.29 bits per heavy atom. The highest BCUT2D eigenvalue weighted by molar-refractivity contribution is 5.29. The molecule has 1 aromatic carbocycles. The van der Waals surface area contributed by atoms with Crippen LogP contribution in [0.2, 0.25) is 0 Å². The van der Waals surface area contributed by atoms with Crippen LogP contribution in [0.25, 0.3) is 0 Å². The Kier molecular flexibility index (Phi) is 3.01. The van der Waals surface area contributed by atoms with Gasteiger partial charge in [-0.3, -0.25) is 15.5 Å². The Balaban J connectivity index is 1.72. The molecule has 0 aliphatic carbocycles. The largest absolute Gasteiger partial charge is 0.497 e. The molecule has 0 saturated carbocycles. The summed E-state index contributed by atoms with van der Waals surface area (Å²) in [6.07, 6.45) is 1.60. The molecule has 2 heterocycles. The van der Waals surface area contributed by atoms with Crippen molar-refractivity contribution in [3.63, 3.8) is 0 Å². The fourth-order valence-corrected chi connectivity index (χ4v) is 2.66. The van der Waals surface area contributed by atoms with Crippen molar-refractivity contribution in [3.05, 3.63) is 29.8 Å². The first-order valence-corrected chi connectivity index (χ1v) is 6.24. The highest BCUT2D eigenvalue weighted by atomic mass is 16.5. The topological polar surface area (TPSA) is 36.5 Å². The lowest BCUT2D eigenvalue weighted by Gasteiger charge is -2.29. The number of ether oxygens (including phenoxy) is 1. The lowest BCUT2D eigenvalue weighted by Crippen LogP contribution is -2.52. The maximum Gasteiger partial charge on any atom is 0.118 e. The summed E-state index contributed by atoms with van der Waals surface area (Å²) in [6.45, 7) is 3.39. The second-order valence-corrected chi connectivity index (χ2v) is 4.70. The monoisotopic (exact) mass is 233 g/mol. The molecule has 0 radical (unpaired) electrons. The number of methoxy groups -OCH3 is 1. The van der Waals surface area contributed by atoms with E-state index in [1.807, 2.05) is 12.1 Å². The van der Waals surface area contributed by atoms with Crippen molar-refractivity contribution >= 4 is 0 Å². The van der Waals surface area contributed by atoms with Gasteiger partial charge in [0.05, 0.1) is 7.11 Å². The minimum absolute atomic E-state index is 0.357. The quantitative estimate of drug-likeness (QED) is 0.796. The van der Waals surface area contributed by atoms with E-state index in [2.05, 4.69) is 27.7 Å². The molecule has 0 aromatic heterocycles. The molecule has 0 amide bonds. The molecule has 2 aliphatic rings. The van der Waals surface area contributed by atoms with Crippen molar-refractivity contribution in [2.24, 2.45) is 0 Å². The van der Waals surface area contributed by atoms with Crippen LogP contribution in [0.15, 0.2) is 24.3 Å². The predicted molar refractivity (Wildman–Crippen MR) is 66.9 cm³/mol. The molecule has 0 bridgehead atoms. The van der Waals surface area contributed by atoms with Crippen molar-refractivity contribution in [2.75, 3.05) is 26.7 Å². The Hall–Kier alpha value is -1.10. The van der Waals surface area contributed by atoms with Crippen molar-refractivity contribution in [1.29, 1.82) is 0 Å². The van der Waals surface area contributed by atoms with Crippen LogP contribution in [0.5, 0.6) is 5.75 Å². The van der Waals surface area contributed by atoms with Gasteiger partial charge in [0.25, 0.3) is 0 Å². The number of nitrogens with zero attached hydrogens (tertiary/aromatic N) is 1. The standard InChI is InChI=1S/C13H19N3O/c1-17-11-5-3-10(4-6-11)12-9-16-8-2-7-14-13(16)15-12/h3-6,12-15H,2,7-9H2,1H3. The first-order valence-electron chi connectivity index (χ1n) is 6.24. The van der Waals surface area contributed by atoms with Gasteiger partial charge >= 0.3 is 0 Å². The summed E-state index contributed by atoms with van der Waals surface area (Å²) in [7, 11) is 1.70. The molecular weight excluding hydrogens is 214 g/mol. The molecule has 4 heteroatoms. The number of nitrogens with one attached hydrogen (secondary N) is 2. The second kappa shape index (κ2) is 4.64. The molecule has 3 rings (SSSR count). The second-order valence-electron chi connectivity index (χ2n) is 4.70. The Morgan fingerprint density at radius 3 is 2.82 bits per heavy atom. The van der Waals surface area contributed by atoms with Gasteiger partial charge in [0.2, 0.25) is 0 Å². The zero-order valence-electron chi connectivity index (χ0n) is 10.1. The third-order valence-corrected chi connectivity index (χ3v) is 3.62. The average molecular weight is 233 g/mol. The van der Waals surface area contributed by atoms with Gasteiger partial charge < -0.3 is 4.74 Å². The van der Waals surface area contributed by atoms with Crippen molar-refractivity contribution < 1.29 is 4.74 Å². The average Bonchev–Trinajstić information content (AvgIpc) is 2.82. The smallest absolute Gasteiger partial charge is 0.118 e. The van der Waals surface area contributed by atoms with E-state index in [9.17, 15) is 0 Å². The van der Waals surface area contributed by atoms with E-state index in [1.165, 1.54) is 18.5 Å². The van der Waals surface area contributed by atoms with Crippen LogP contribution in [0, 0.1) is 0 Å². The van der Waals surface area contributed by atoms with Gasteiger partial charge in [-0.2, -0.15) is 0 Å². The van der Waals surface area contributed by atoms with Gasteiger partial charge in [-0.1, -0.05) is 12.1 Å². The Labute approximate surface area is 102 Å². The van der Waals surface area contributed by atoms with E-state index in [1.54, 1.807) is 7.11 Å². The SMILES string of the molecule is COc1ccc(C2CN3CCCNC3N2)cc1. The van der Waals surface area contributed by atoms with Gasteiger partial charge in [0.15, 0.2) is 0 Å². The van der Waals surface area contributed by atoms with Crippen molar-refractivity contribution in [2.45, 2.75) is 18.8 Å². The highest BCUT2D eigenvalue weighted by Crippen LogP contribution is 2.24. The molecule has 2 saturated heterocycles. The first kappa shape index (κ1) is 11.0. The van der Waals surface area contributed by atoms with Gasteiger partial charge in [0, 0.05) is 19.1 Å². The molecule has 2 atom stereocenters. The number of fused-ring (bicyclic) bond motifs is 1. The normalized spacial score (nSPS) is 29.0. The van der Waals surface area contributed by atoms with Crippen LogP contribution in [-0.4, -0.2) is 37.9 Å². The van der Waals surface area contributed by atoms with Gasteiger partial charge in [-0.15, -0.1) is 0 Å². The third kappa shape index (κ3) is 2.16. The summed E-state index contributed by atoms with van der Waals surface area (Å²) in [5, 5.41) is 7.11. The summed E-state index contributed by atoms with van der Waals surface area (Å²) < 4.78 is 5.18. The van der Waals surface area contributed by atoms with Gasteiger partial charge in [-0.25, -0.2) is 0 Å². The number of benzene rings is 1. The molecule has 92 valence electrons. The van der Waals surface area contributed by atoms with E-state index in [-0.39, 0.29) is 0 Å². The number of hydrogen-bond donors (Lipinski definition) is 2. The van der Waals surface area contributed by atoms with E-state index in [4.69, 9.17) is 4.74 Å². The third-order valence-electron chi connectivity index (χ3n) is 3.62. The zero-order chi connectivity index (χ0) is 11.7. The summed E-state index contributed by atoms with van der Waals surface area (Å²) in [4.78, 5) is 2.47. The van der Waals surface area contributed by atoms with Crippen LogP contribution < -0.4 is 15.4 Å². The minimum atomic E-state index is 0.357. The van der Waals surface area contributed by atoms with Crippen LogP contribution >= 0.6 is 0 Å². The van der Waals surface area contributed by atoms with E-state index >= 15 is 0 Å². The molecular formula is C13H19N3O. The maximum atomic E-state index is 5.18. The molecule has 2 aliphatic heterocycles. The predicted octanol–water partition coefficient (Wildman–Crippen LogP) is 0.918. The Morgan fingerprint density at radius 2 is 2.12 bits per heavy atom. The molecule has 1 aromatic rings. The van der Waals surface area contributed by atoms with Crippen molar-refractivity contribution in [3.8, 4) is 5.75 Å². The van der Waals surface area contributed by atoms with E-state index in [0.717, 1.165) is 18.8 Å². The van der Waals surface area contributed by atoms with Crippen LogP contribution in [0.1, 0.15) is 18.0 Å². The zero-order valence-corrected chi connectivity index (χ0v) is 10.1. The fourth-order valence-electron chi connectivity index (χ4n) is 2.66. The first-order chi connectivity index (χ1) is 8.36. The van der Waals surface area contributed by atoms with Crippen LogP contribution in [0.3, 0.4) is 0 Å². The molecule has 17 heavy (non-hydrogen) atoms. The molecule has 2 fully saturated rings. The molecule has 4 nitrogen and oxygen atoms in total. The summed E-state index contributed by atoms with van der Waals surface area (Å²) in [5.74, 6) is 0.919. The highest BCUT2D eigenvalue weighted by Gasteiger charge is 2.33. The molecule has 2 unspecified atom stereocenters. The lowest BCUT2D eigenvalue weighted by atomic mass is 10.1. The fraction of sp³-hybridized carbons (Fsp3) is 0.538. The van der Waals surface area contributed by atoms with Gasteiger partial charge in [0.1, 0.15) is 12.0 Å². The molecule has 2 N–H and O–H groups in total. The Bertz CT molecular complexity index is 365. The van der Waals surface area contributed by atoms with Crippen molar-refractivity contribution in [1.82, 2.24) is 15.5 Å². The maximum absolute atomic E-state index is 5.18.